The minimum Gasteiger partial charge on any atom is -0.456 e. The molecule has 0 aliphatic rings. The Morgan fingerprint density at radius 3 is 1.26 bits per heavy atom. The lowest BCUT2D eigenvalue weighted by molar-refractivity contribution is 0.669. The average molecular weight is 778 g/mol. The zero-order valence-corrected chi connectivity index (χ0v) is 33.0. The molecule has 12 aromatic rings. The van der Waals surface area contributed by atoms with Crippen molar-refractivity contribution in [3.63, 3.8) is 0 Å². The van der Waals surface area contributed by atoms with Crippen LogP contribution in [0.5, 0.6) is 0 Å². The van der Waals surface area contributed by atoms with Crippen molar-refractivity contribution in [1.29, 1.82) is 0 Å². The van der Waals surface area contributed by atoms with E-state index in [0.29, 0.717) is 17.5 Å². The molecule has 2 aromatic heterocycles. The van der Waals surface area contributed by atoms with Crippen LogP contribution in [0.15, 0.2) is 217 Å². The van der Waals surface area contributed by atoms with Crippen LogP contribution in [0.4, 0.5) is 0 Å². The van der Waals surface area contributed by atoms with Crippen LogP contribution >= 0.6 is 0 Å². The highest BCUT2D eigenvalue weighted by molar-refractivity contribution is 6.26. The molecule has 61 heavy (non-hydrogen) atoms. The first-order valence-corrected chi connectivity index (χ1v) is 20.6. The topological polar surface area (TPSA) is 51.8 Å². The highest BCUT2D eigenvalue weighted by atomic mass is 16.3. The summed E-state index contributed by atoms with van der Waals surface area (Å²) in [5.74, 6) is 1.80. The molecule has 12 rings (SSSR count). The van der Waals surface area contributed by atoms with Gasteiger partial charge in [-0.15, -0.1) is 0 Å². The van der Waals surface area contributed by atoms with Gasteiger partial charge in [0.2, 0.25) is 0 Å². The summed E-state index contributed by atoms with van der Waals surface area (Å²) in [6.07, 6.45) is 0. The molecule has 0 N–H and O–H groups in total. The molecule has 0 bridgehead atoms. The fourth-order valence-corrected chi connectivity index (χ4v) is 9.13. The smallest absolute Gasteiger partial charge is 0.164 e. The molecule has 0 unspecified atom stereocenters. The highest BCUT2D eigenvalue weighted by Crippen LogP contribution is 2.46. The first kappa shape index (κ1) is 34.8. The summed E-state index contributed by atoms with van der Waals surface area (Å²) in [4.78, 5) is 15.2. The zero-order chi connectivity index (χ0) is 40.3. The van der Waals surface area contributed by atoms with Gasteiger partial charge in [-0.25, -0.2) is 15.0 Å². The van der Waals surface area contributed by atoms with E-state index in [9.17, 15) is 0 Å². The number of nitrogens with zero attached hydrogens (tertiary/aromatic N) is 3. The molecule has 0 atom stereocenters. The molecule has 2 heterocycles. The van der Waals surface area contributed by atoms with Crippen molar-refractivity contribution in [2.45, 2.75) is 0 Å². The zero-order valence-electron chi connectivity index (χ0n) is 33.0. The maximum atomic E-state index is 6.68. The molecular formula is C57H35N3O. The molecule has 284 valence electrons. The van der Waals surface area contributed by atoms with Gasteiger partial charge in [-0.2, -0.15) is 0 Å². The van der Waals surface area contributed by atoms with E-state index in [4.69, 9.17) is 19.4 Å². The largest absolute Gasteiger partial charge is 0.456 e. The van der Waals surface area contributed by atoms with Gasteiger partial charge in [0.15, 0.2) is 17.5 Å². The molecule has 4 heteroatoms. The van der Waals surface area contributed by atoms with Gasteiger partial charge in [-0.3, -0.25) is 0 Å². The summed E-state index contributed by atoms with van der Waals surface area (Å²) in [5, 5.41) is 9.67. The quantitative estimate of drug-likeness (QED) is 0.158. The van der Waals surface area contributed by atoms with E-state index >= 15 is 0 Å². The van der Waals surface area contributed by atoms with E-state index < -0.39 is 0 Å². The minimum absolute atomic E-state index is 0.574. The fourth-order valence-electron chi connectivity index (χ4n) is 9.13. The van der Waals surface area contributed by atoms with Crippen molar-refractivity contribution >= 4 is 54.3 Å². The summed E-state index contributed by atoms with van der Waals surface area (Å²) < 4.78 is 6.68. The molecule has 0 spiro atoms. The van der Waals surface area contributed by atoms with Crippen LogP contribution in [0.1, 0.15) is 0 Å². The predicted molar refractivity (Wildman–Crippen MR) is 252 cm³/mol. The second-order valence-electron chi connectivity index (χ2n) is 15.5. The third kappa shape index (κ3) is 5.88. The van der Waals surface area contributed by atoms with Crippen molar-refractivity contribution in [1.82, 2.24) is 15.0 Å². The molecular weight excluding hydrogens is 743 g/mol. The van der Waals surface area contributed by atoms with Gasteiger partial charge in [0, 0.05) is 27.5 Å². The second-order valence-corrected chi connectivity index (χ2v) is 15.5. The lowest BCUT2D eigenvalue weighted by atomic mass is 9.86. The van der Waals surface area contributed by atoms with Gasteiger partial charge in [0.25, 0.3) is 0 Å². The summed E-state index contributed by atoms with van der Waals surface area (Å²) in [6.45, 7) is 0. The Kier molecular flexibility index (Phi) is 8.13. The number of furan rings is 1. The molecule has 0 fully saturated rings. The molecule has 0 saturated carbocycles. The van der Waals surface area contributed by atoms with Crippen LogP contribution in [-0.2, 0) is 0 Å². The third-order valence-electron chi connectivity index (χ3n) is 11.9. The lowest BCUT2D eigenvalue weighted by Crippen LogP contribution is -2.00. The van der Waals surface area contributed by atoms with Crippen molar-refractivity contribution in [2.24, 2.45) is 0 Å². The Morgan fingerprint density at radius 2 is 0.672 bits per heavy atom. The van der Waals surface area contributed by atoms with Gasteiger partial charge in [-0.05, 0) is 90.0 Å². The van der Waals surface area contributed by atoms with Crippen LogP contribution in [0.25, 0.3) is 122 Å². The standard InChI is InChI=1S/C57H35N3O/c1-3-17-36(18-4-1)55-58-56(37-19-5-2-6-20-37)60-57(59-55)39-34-51(54-49-29-15-16-30-52(49)61-53(54)35-39)47-28-14-12-23-42(47)41-22-8-7-21-40(41)38-31-32-48-45-26-10-9-24-43(45)44-25-11-13-27-46(44)50(48)33-38/h1-35H. The molecule has 10 aromatic carbocycles. The Bertz CT molecular complexity index is 3560. The van der Waals surface area contributed by atoms with Gasteiger partial charge < -0.3 is 4.42 Å². The van der Waals surface area contributed by atoms with Gasteiger partial charge in [0.05, 0.1) is 0 Å². The van der Waals surface area contributed by atoms with Crippen molar-refractivity contribution in [2.75, 3.05) is 0 Å². The Balaban J connectivity index is 1.09. The monoisotopic (exact) mass is 777 g/mol. The highest BCUT2D eigenvalue weighted by Gasteiger charge is 2.21. The van der Waals surface area contributed by atoms with E-state index in [2.05, 4.69) is 140 Å². The Hall–Kier alpha value is -8.21. The van der Waals surface area contributed by atoms with Gasteiger partial charge in [-0.1, -0.05) is 188 Å². The number of hydrogen-bond acceptors (Lipinski definition) is 4. The maximum Gasteiger partial charge on any atom is 0.164 e. The van der Waals surface area contributed by atoms with Crippen LogP contribution in [0.3, 0.4) is 0 Å². The number of hydrogen-bond donors (Lipinski definition) is 0. The fraction of sp³-hybridized carbons (Fsp3) is 0. The van der Waals surface area contributed by atoms with Gasteiger partial charge in [0.1, 0.15) is 11.2 Å². The second kappa shape index (κ2) is 14.3. The average Bonchev–Trinajstić information content (AvgIpc) is 3.73. The van der Waals surface area contributed by atoms with E-state index in [1.165, 1.54) is 32.3 Å². The van der Waals surface area contributed by atoms with E-state index in [1.54, 1.807) is 0 Å². The van der Waals surface area contributed by atoms with Crippen molar-refractivity contribution < 1.29 is 4.42 Å². The molecule has 0 aliphatic carbocycles. The van der Waals surface area contributed by atoms with Crippen molar-refractivity contribution in [3.8, 4) is 67.5 Å². The molecule has 0 amide bonds. The molecule has 4 nitrogen and oxygen atoms in total. The summed E-state index contributed by atoms with van der Waals surface area (Å²) in [6, 6.07) is 74.8. The van der Waals surface area contributed by atoms with Crippen molar-refractivity contribution in [3.05, 3.63) is 212 Å². The number of rotatable bonds is 6. The van der Waals surface area contributed by atoms with Crippen LogP contribution < -0.4 is 0 Å². The SMILES string of the molecule is c1ccc(-c2nc(-c3ccccc3)nc(-c3cc(-c4ccccc4-c4ccccc4-c4ccc5c6ccccc6c6ccccc6c5c4)c4c(c3)oc3ccccc34)n2)cc1. The third-order valence-corrected chi connectivity index (χ3v) is 11.9. The van der Waals surface area contributed by atoms with E-state index in [-0.39, 0.29) is 0 Å². The maximum absolute atomic E-state index is 6.68. The van der Waals surface area contributed by atoms with Gasteiger partial charge >= 0.3 is 0 Å². The van der Waals surface area contributed by atoms with Crippen LogP contribution in [0.2, 0.25) is 0 Å². The molecule has 0 saturated heterocycles. The summed E-state index contributed by atoms with van der Waals surface area (Å²) >= 11 is 0. The first-order valence-electron chi connectivity index (χ1n) is 20.6. The summed E-state index contributed by atoms with van der Waals surface area (Å²) in [7, 11) is 0. The number of para-hydroxylation sites is 1. The lowest BCUT2D eigenvalue weighted by Gasteiger charge is -2.17. The molecule has 0 radical (unpaired) electrons. The number of aromatic nitrogens is 3. The Labute approximate surface area is 352 Å². The Morgan fingerprint density at radius 1 is 0.246 bits per heavy atom. The number of fused-ring (bicyclic) bond motifs is 9. The van der Waals surface area contributed by atoms with E-state index in [1.807, 2.05) is 72.8 Å². The predicted octanol–water partition coefficient (Wildman–Crippen LogP) is 15.2. The first-order chi connectivity index (χ1) is 30.2. The van der Waals surface area contributed by atoms with Crippen LogP contribution in [0, 0.1) is 0 Å². The normalized spacial score (nSPS) is 11.6. The van der Waals surface area contributed by atoms with Crippen LogP contribution in [-0.4, -0.2) is 15.0 Å². The number of benzene rings is 10. The van der Waals surface area contributed by atoms with E-state index in [0.717, 1.165) is 72.0 Å². The minimum atomic E-state index is 0.574. The summed E-state index contributed by atoms with van der Waals surface area (Å²) in [5.41, 5.74) is 11.0. The molecule has 0 aliphatic heterocycles.